The third kappa shape index (κ3) is 5.58. The summed E-state index contributed by atoms with van der Waals surface area (Å²) in [6.07, 6.45) is 3.44. The highest BCUT2D eigenvalue weighted by Crippen LogP contribution is 2.21. The zero-order valence-electron chi connectivity index (χ0n) is 16.4. The quantitative estimate of drug-likeness (QED) is 0.381. The number of carbonyl (C=O) groups is 1. The molecule has 0 atom stereocenters. The van der Waals surface area contributed by atoms with Crippen LogP contribution in [0.4, 0.5) is 5.69 Å². The average molecular weight is 435 g/mol. The normalized spacial score (nSPS) is 10.8. The number of hydrogen-bond acceptors (Lipinski definition) is 5. The Morgan fingerprint density at radius 3 is 2.70 bits per heavy atom. The summed E-state index contributed by atoms with van der Waals surface area (Å²) in [6, 6.07) is 22.4. The molecule has 0 aliphatic rings. The number of anilines is 1. The van der Waals surface area contributed by atoms with Crippen molar-refractivity contribution in [1.82, 2.24) is 14.8 Å². The number of rotatable bonds is 9. The summed E-state index contributed by atoms with van der Waals surface area (Å²) in [5.74, 6) is 0.241. The van der Waals surface area contributed by atoms with Crippen LogP contribution in [0.15, 0.2) is 83.6 Å². The first-order chi connectivity index (χ1) is 14.8. The molecule has 0 radical (unpaired) electrons. The highest BCUT2D eigenvalue weighted by atomic mass is 32.2. The van der Waals surface area contributed by atoms with Crippen LogP contribution in [0, 0.1) is 0 Å². The maximum absolute atomic E-state index is 12.6. The van der Waals surface area contributed by atoms with Gasteiger partial charge >= 0.3 is 0 Å². The van der Waals surface area contributed by atoms with E-state index in [2.05, 4.69) is 51.2 Å². The van der Waals surface area contributed by atoms with E-state index in [4.69, 9.17) is 0 Å². The molecule has 2 heterocycles. The van der Waals surface area contributed by atoms with Crippen LogP contribution in [0.2, 0.25) is 0 Å². The number of amides is 1. The zero-order valence-corrected chi connectivity index (χ0v) is 18.0. The standard InChI is InChI=1S/C23H22N4OS2/c28-22(16-30-23-26-24-17-27(23)13-12-20-10-6-14-29-20)25-21-11-5-4-9-19(21)15-18-7-2-1-3-8-18/h1-11,14,17H,12-13,15-16H2,(H,25,28). The summed E-state index contributed by atoms with van der Waals surface area (Å²) >= 11 is 3.16. The molecule has 7 heteroatoms. The first-order valence-electron chi connectivity index (χ1n) is 9.72. The second-order valence-corrected chi connectivity index (χ2v) is 8.77. The summed E-state index contributed by atoms with van der Waals surface area (Å²) < 4.78 is 2.00. The van der Waals surface area contributed by atoms with Crippen LogP contribution in [-0.4, -0.2) is 26.4 Å². The van der Waals surface area contributed by atoms with E-state index in [1.165, 1.54) is 22.2 Å². The summed E-state index contributed by atoms with van der Waals surface area (Å²) in [6.45, 7) is 0.803. The number of hydrogen-bond donors (Lipinski definition) is 1. The molecule has 2 aromatic carbocycles. The maximum atomic E-state index is 12.6. The molecule has 0 aliphatic heterocycles. The Balaban J connectivity index is 1.33. The molecule has 5 nitrogen and oxygen atoms in total. The third-order valence-corrected chi connectivity index (χ3v) is 6.54. The number of nitrogens with one attached hydrogen (secondary N) is 1. The Bertz CT molecular complexity index is 1080. The van der Waals surface area contributed by atoms with Crippen LogP contribution >= 0.6 is 23.1 Å². The van der Waals surface area contributed by atoms with Gasteiger partial charge in [0.1, 0.15) is 6.33 Å². The smallest absolute Gasteiger partial charge is 0.234 e. The zero-order chi connectivity index (χ0) is 20.6. The fourth-order valence-corrected chi connectivity index (χ4v) is 4.56. The predicted molar refractivity (Wildman–Crippen MR) is 123 cm³/mol. The lowest BCUT2D eigenvalue weighted by atomic mass is 10.0. The number of carbonyl (C=O) groups excluding carboxylic acids is 1. The molecule has 0 saturated heterocycles. The minimum atomic E-state index is -0.0479. The minimum absolute atomic E-state index is 0.0479. The second-order valence-electron chi connectivity index (χ2n) is 6.79. The van der Waals surface area contributed by atoms with Gasteiger partial charge in [-0.3, -0.25) is 4.79 Å². The average Bonchev–Trinajstić information content (AvgIpc) is 3.45. The van der Waals surface area contributed by atoms with Crippen LogP contribution in [0.1, 0.15) is 16.0 Å². The van der Waals surface area contributed by atoms with Gasteiger partial charge in [0.25, 0.3) is 0 Å². The van der Waals surface area contributed by atoms with E-state index in [0.29, 0.717) is 0 Å². The largest absolute Gasteiger partial charge is 0.325 e. The molecular formula is C23H22N4OS2. The monoisotopic (exact) mass is 434 g/mol. The number of nitrogens with zero attached hydrogens (tertiary/aromatic N) is 3. The molecule has 0 aliphatic carbocycles. The molecule has 0 spiro atoms. The van der Waals surface area contributed by atoms with Gasteiger partial charge in [0, 0.05) is 17.1 Å². The Kier molecular flexibility index (Phi) is 6.95. The molecule has 0 unspecified atom stereocenters. The number of thioether (sulfide) groups is 1. The summed E-state index contributed by atoms with van der Waals surface area (Å²) in [4.78, 5) is 13.9. The first kappa shape index (κ1) is 20.4. The van der Waals surface area contributed by atoms with Crippen molar-refractivity contribution in [2.75, 3.05) is 11.1 Å². The van der Waals surface area contributed by atoms with Gasteiger partial charge < -0.3 is 9.88 Å². The Hall–Kier alpha value is -2.90. The summed E-state index contributed by atoms with van der Waals surface area (Å²) in [5, 5.41) is 14.1. The van der Waals surface area contributed by atoms with Crippen molar-refractivity contribution >= 4 is 34.7 Å². The summed E-state index contributed by atoms with van der Waals surface area (Å²) in [7, 11) is 0. The van der Waals surface area contributed by atoms with Gasteiger partial charge in [0.2, 0.25) is 5.91 Å². The molecule has 0 bridgehead atoms. The number of para-hydroxylation sites is 1. The summed E-state index contributed by atoms with van der Waals surface area (Å²) in [5.41, 5.74) is 3.17. The highest BCUT2D eigenvalue weighted by molar-refractivity contribution is 7.99. The van der Waals surface area contributed by atoms with Gasteiger partial charge in [-0.15, -0.1) is 21.5 Å². The predicted octanol–water partition coefficient (Wildman–Crippen LogP) is 4.90. The molecule has 4 rings (SSSR count). The molecule has 0 fully saturated rings. The lowest BCUT2D eigenvalue weighted by molar-refractivity contribution is -0.113. The van der Waals surface area contributed by atoms with E-state index >= 15 is 0 Å². The van der Waals surface area contributed by atoms with Crippen molar-refractivity contribution in [1.29, 1.82) is 0 Å². The number of aromatic nitrogens is 3. The first-order valence-corrected chi connectivity index (χ1v) is 11.6. The molecule has 1 amide bonds. The van der Waals surface area contributed by atoms with E-state index in [9.17, 15) is 4.79 Å². The fraction of sp³-hybridized carbons (Fsp3) is 0.174. The van der Waals surface area contributed by atoms with Crippen molar-refractivity contribution in [2.45, 2.75) is 24.5 Å². The molecule has 152 valence electrons. The third-order valence-electron chi connectivity index (χ3n) is 4.62. The molecular weight excluding hydrogens is 412 g/mol. The lowest BCUT2D eigenvalue weighted by Gasteiger charge is -2.11. The van der Waals surface area contributed by atoms with Crippen LogP contribution in [-0.2, 0) is 24.2 Å². The second kappa shape index (κ2) is 10.2. The number of thiophene rings is 1. The van der Waals surface area contributed by atoms with E-state index in [0.717, 1.165) is 35.8 Å². The molecule has 1 N–H and O–H groups in total. The number of benzene rings is 2. The van der Waals surface area contributed by atoms with Gasteiger partial charge in [-0.05, 0) is 41.5 Å². The van der Waals surface area contributed by atoms with E-state index in [-0.39, 0.29) is 11.7 Å². The minimum Gasteiger partial charge on any atom is -0.325 e. The van der Waals surface area contributed by atoms with Crippen LogP contribution < -0.4 is 5.32 Å². The van der Waals surface area contributed by atoms with Crippen molar-refractivity contribution in [3.8, 4) is 0 Å². The molecule has 0 saturated carbocycles. The fourth-order valence-electron chi connectivity index (χ4n) is 3.12. The van der Waals surface area contributed by atoms with E-state index < -0.39 is 0 Å². The van der Waals surface area contributed by atoms with Gasteiger partial charge in [-0.1, -0.05) is 66.4 Å². The SMILES string of the molecule is O=C(CSc1nncn1CCc1cccs1)Nc1ccccc1Cc1ccccc1. The topological polar surface area (TPSA) is 59.8 Å². The molecule has 4 aromatic rings. The van der Waals surface area contributed by atoms with Gasteiger partial charge in [-0.2, -0.15) is 0 Å². The van der Waals surface area contributed by atoms with Crippen LogP contribution in [0.3, 0.4) is 0 Å². The lowest BCUT2D eigenvalue weighted by Crippen LogP contribution is -2.16. The van der Waals surface area contributed by atoms with Crippen molar-refractivity contribution < 1.29 is 4.79 Å². The Labute approximate surface area is 184 Å². The van der Waals surface area contributed by atoms with E-state index in [1.807, 2.05) is 41.0 Å². The van der Waals surface area contributed by atoms with Crippen LogP contribution in [0.5, 0.6) is 0 Å². The van der Waals surface area contributed by atoms with Crippen molar-refractivity contribution in [3.63, 3.8) is 0 Å². The molecule has 30 heavy (non-hydrogen) atoms. The van der Waals surface area contributed by atoms with Crippen molar-refractivity contribution in [3.05, 3.63) is 94.4 Å². The van der Waals surface area contributed by atoms with Gasteiger partial charge in [0.05, 0.1) is 5.75 Å². The van der Waals surface area contributed by atoms with Gasteiger partial charge in [-0.25, -0.2) is 0 Å². The molecule has 2 aromatic heterocycles. The maximum Gasteiger partial charge on any atom is 0.234 e. The number of aryl methyl sites for hydroxylation is 2. The Morgan fingerprint density at radius 1 is 1.03 bits per heavy atom. The Morgan fingerprint density at radius 2 is 1.87 bits per heavy atom. The van der Waals surface area contributed by atoms with Crippen molar-refractivity contribution in [2.24, 2.45) is 0 Å². The van der Waals surface area contributed by atoms with Gasteiger partial charge in [0.15, 0.2) is 5.16 Å². The van der Waals surface area contributed by atoms with E-state index in [1.54, 1.807) is 17.7 Å². The highest BCUT2D eigenvalue weighted by Gasteiger charge is 2.11. The van der Waals surface area contributed by atoms with Crippen LogP contribution in [0.25, 0.3) is 0 Å².